The fourth-order valence-corrected chi connectivity index (χ4v) is 4.72. The Labute approximate surface area is 167 Å². The van der Waals surface area contributed by atoms with Crippen LogP contribution < -0.4 is 19.5 Å². The Morgan fingerprint density at radius 3 is 2.36 bits per heavy atom. The van der Waals surface area contributed by atoms with Gasteiger partial charge >= 0.3 is 0 Å². The molecule has 0 fully saturated rings. The molecule has 0 spiro atoms. The number of rotatable bonds is 5. The quantitative estimate of drug-likeness (QED) is 0.667. The van der Waals surface area contributed by atoms with Crippen molar-refractivity contribution in [2.24, 2.45) is 0 Å². The SMILES string of the molecule is COc1ccc(-c2csc3c2NC(=O)C[C@H]3c2ccc(OC)cc2OC)cc1. The maximum Gasteiger partial charge on any atom is 0.225 e. The number of hydrogen-bond donors (Lipinski definition) is 1. The molecule has 1 amide bonds. The highest BCUT2D eigenvalue weighted by molar-refractivity contribution is 7.11. The number of carbonyl (C=O) groups excluding carboxylic acids is 1. The minimum atomic E-state index is -0.0541. The summed E-state index contributed by atoms with van der Waals surface area (Å²) < 4.78 is 16.1. The average Bonchev–Trinajstić information content (AvgIpc) is 3.16. The lowest BCUT2D eigenvalue weighted by atomic mass is 9.88. The van der Waals surface area contributed by atoms with E-state index in [1.165, 1.54) is 0 Å². The van der Waals surface area contributed by atoms with Crippen molar-refractivity contribution in [2.75, 3.05) is 26.6 Å². The van der Waals surface area contributed by atoms with E-state index in [0.29, 0.717) is 6.42 Å². The zero-order valence-corrected chi connectivity index (χ0v) is 16.8. The molecule has 2 aromatic carbocycles. The fourth-order valence-electron chi connectivity index (χ4n) is 3.57. The van der Waals surface area contributed by atoms with Crippen molar-refractivity contribution in [1.29, 1.82) is 0 Å². The van der Waals surface area contributed by atoms with E-state index in [4.69, 9.17) is 14.2 Å². The molecule has 5 nitrogen and oxygen atoms in total. The standard InChI is InChI=1S/C22H21NO4S/c1-25-14-6-4-13(5-7-14)18-12-28-22-17(11-20(24)23-21(18)22)16-9-8-15(26-2)10-19(16)27-3/h4-10,12,17H,11H2,1-3H3,(H,23,24)/t17-/m0/s1. The van der Waals surface area contributed by atoms with Gasteiger partial charge in [-0.05, 0) is 23.8 Å². The minimum Gasteiger partial charge on any atom is -0.497 e. The Balaban J connectivity index is 1.78. The van der Waals surface area contributed by atoms with Crippen molar-refractivity contribution in [3.05, 3.63) is 58.3 Å². The molecule has 0 bridgehead atoms. The van der Waals surface area contributed by atoms with Crippen molar-refractivity contribution < 1.29 is 19.0 Å². The van der Waals surface area contributed by atoms with Crippen LogP contribution in [-0.2, 0) is 4.79 Å². The number of methoxy groups -OCH3 is 3. The van der Waals surface area contributed by atoms with Gasteiger partial charge in [0.25, 0.3) is 0 Å². The predicted molar refractivity (Wildman–Crippen MR) is 111 cm³/mol. The molecule has 0 unspecified atom stereocenters. The molecule has 1 aromatic heterocycles. The van der Waals surface area contributed by atoms with Crippen molar-refractivity contribution in [2.45, 2.75) is 12.3 Å². The molecule has 2 heterocycles. The van der Waals surface area contributed by atoms with E-state index < -0.39 is 0 Å². The van der Waals surface area contributed by atoms with Gasteiger partial charge in [-0.2, -0.15) is 0 Å². The molecular formula is C22H21NO4S. The maximum absolute atomic E-state index is 12.5. The third-order valence-electron chi connectivity index (χ3n) is 5.01. The number of fused-ring (bicyclic) bond motifs is 1. The van der Waals surface area contributed by atoms with Crippen LogP contribution in [0.3, 0.4) is 0 Å². The molecule has 1 aliphatic rings. The van der Waals surface area contributed by atoms with Gasteiger partial charge in [0.05, 0.1) is 27.0 Å². The molecule has 0 saturated carbocycles. The molecule has 28 heavy (non-hydrogen) atoms. The number of ether oxygens (including phenoxy) is 3. The van der Waals surface area contributed by atoms with E-state index in [2.05, 4.69) is 10.7 Å². The van der Waals surface area contributed by atoms with E-state index in [1.54, 1.807) is 32.7 Å². The van der Waals surface area contributed by atoms with Crippen molar-refractivity contribution in [3.63, 3.8) is 0 Å². The smallest absolute Gasteiger partial charge is 0.225 e. The number of amides is 1. The Hall–Kier alpha value is -2.99. The van der Waals surface area contributed by atoms with Crippen molar-refractivity contribution in [3.8, 4) is 28.4 Å². The van der Waals surface area contributed by atoms with Crippen molar-refractivity contribution >= 4 is 22.9 Å². The molecule has 6 heteroatoms. The van der Waals surface area contributed by atoms with Crippen LogP contribution in [0.4, 0.5) is 5.69 Å². The third-order valence-corrected chi connectivity index (χ3v) is 6.10. The summed E-state index contributed by atoms with van der Waals surface area (Å²) in [5.41, 5.74) is 3.94. The number of nitrogens with one attached hydrogen (secondary N) is 1. The molecule has 0 radical (unpaired) electrons. The molecule has 0 aliphatic carbocycles. The first-order valence-electron chi connectivity index (χ1n) is 8.92. The lowest BCUT2D eigenvalue weighted by Crippen LogP contribution is -2.22. The first-order valence-corrected chi connectivity index (χ1v) is 9.80. The summed E-state index contributed by atoms with van der Waals surface area (Å²) in [5, 5.41) is 5.17. The maximum atomic E-state index is 12.5. The number of anilines is 1. The third kappa shape index (κ3) is 3.20. The summed E-state index contributed by atoms with van der Waals surface area (Å²) in [5.74, 6) is 2.21. The van der Waals surface area contributed by atoms with Crippen LogP contribution in [0.25, 0.3) is 11.1 Å². The fraction of sp³-hybridized carbons (Fsp3) is 0.227. The van der Waals surface area contributed by atoms with Crippen LogP contribution in [0.2, 0.25) is 0 Å². The number of carbonyl (C=O) groups is 1. The number of hydrogen-bond acceptors (Lipinski definition) is 5. The second-order valence-electron chi connectivity index (χ2n) is 6.53. The van der Waals surface area contributed by atoms with Crippen LogP contribution >= 0.6 is 11.3 Å². The predicted octanol–water partition coefficient (Wildman–Crippen LogP) is 4.92. The highest BCUT2D eigenvalue weighted by Crippen LogP contribution is 2.48. The van der Waals surface area contributed by atoms with Gasteiger partial charge in [0.1, 0.15) is 17.2 Å². The molecule has 1 aliphatic heterocycles. The normalized spacial score (nSPS) is 15.5. The highest BCUT2D eigenvalue weighted by atomic mass is 32.1. The van der Waals surface area contributed by atoms with Gasteiger partial charge in [-0.1, -0.05) is 18.2 Å². The Bertz CT molecular complexity index is 1010. The molecule has 144 valence electrons. The topological polar surface area (TPSA) is 56.8 Å². The summed E-state index contributed by atoms with van der Waals surface area (Å²) in [4.78, 5) is 13.7. The van der Waals surface area contributed by atoms with Gasteiger partial charge in [0.2, 0.25) is 5.91 Å². The lowest BCUT2D eigenvalue weighted by Gasteiger charge is -2.25. The van der Waals surface area contributed by atoms with Gasteiger partial charge in [-0.15, -0.1) is 11.3 Å². The van der Waals surface area contributed by atoms with Crippen LogP contribution in [-0.4, -0.2) is 27.2 Å². The summed E-state index contributed by atoms with van der Waals surface area (Å²) >= 11 is 1.66. The van der Waals surface area contributed by atoms with Crippen molar-refractivity contribution in [1.82, 2.24) is 0 Å². The van der Waals surface area contributed by atoms with Gasteiger partial charge in [-0.3, -0.25) is 4.79 Å². The largest absolute Gasteiger partial charge is 0.497 e. The molecule has 3 aromatic rings. The Kier molecular flexibility index (Phi) is 4.96. The Morgan fingerprint density at radius 2 is 1.68 bits per heavy atom. The summed E-state index contributed by atoms with van der Waals surface area (Å²) in [6.07, 6.45) is 0.387. The molecule has 1 atom stereocenters. The molecular weight excluding hydrogens is 374 g/mol. The van der Waals surface area contributed by atoms with Crippen LogP contribution in [0, 0.1) is 0 Å². The van der Waals surface area contributed by atoms with E-state index >= 15 is 0 Å². The second-order valence-corrected chi connectivity index (χ2v) is 7.44. The van der Waals surface area contributed by atoms with Gasteiger partial charge in [0.15, 0.2) is 0 Å². The zero-order chi connectivity index (χ0) is 19.7. The zero-order valence-electron chi connectivity index (χ0n) is 15.9. The Morgan fingerprint density at radius 1 is 0.964 bits per heavy atom. The average molecular weight is 395 g/mol. The van der Waals surface area contributed by atoms with E-state index in [-0.39, 0.29) is 11.8 Å². The van der Waals surface area contributed by atoms with Gasteiger partial charge < -0.3 is 19.5 Å². The van der Waals surface area contributed by atoms with E-state index in [1.807, 2.05) is 42.5 Å². The molecule has 1 N–H and O–H groups in total. The van der Waals surface area contributed by atoms with Gasteiger partial charge in [-0.25, -0.2) is 0 Å². The van der Waals surface area contributed by atoms with Crippen LogP contribution in [0.5, 0.6) is 17.2 Å². The van der Waals surface area contributed by atoms with Gasteiger partial charge in [0, 0.05) is 39.8 Å². The lowest BCUT2D eigenvalue weighted by molar-refractivity contribution is -0.116. The molecule has 4 rings (SSSR count). The monoisotopic (exact) mass is 395 g/mol. The molecule has 0 saturated heterocycles. The number of thiophene rings is 1. The second kappa shape index (κ2) is 7.56. The minimum absolute atomic E-state index is 0.00327. The summed E-state index contributed by atoms with van der Waals surface area (Å²) in [6.45, 7) is 0. The first kappa shape index (κ1) is 18.4. The van der Waals surface area contributed by atoms with Crippen LogP contribution in [0.15, 0.2) is 47.8 Å². The first-order chi connectivity index (χ1) is 13.6. The highest BCUT2D eigenvalue weighted by Gasteiger charge is 2.32. The van der Waals surface area contributed by atoms with Crippen LogP contribution in [0.1, 0.15) is 22.8 Å². The number of benzene rings is 2. The van der Waals surface area contributed by atoms with E-state index in [0.717, 1.165) is 44.5 Å². The van der Waals surface area contributed by atoms with E-state index in [9.17, 15) is 4.79 Å². The summed E-state index contributed by atoms with van der Waals surface area (Å²) in [7, 11) is 4.91. The summed E-state index contributed by atoms with van der Waals surface area (Å²) in [6, 6.07) is 13.6.